The largest absolute Gasteiger partial charge is 0.375 e. The average Bonchev–Trinajstić information content (AvgIpc) is 3.39. The molecule has 2 aromatic heterocycles. The van der Waals surface area contributed by atoms with Gasteiger partial charge in [-0.15, -0.1) is 22.7 Å². The Morgan fingerprint density at radius 2 is 1.12 bits per heavy atom. The minimum absolute atomic E-state index is 0.217. The van der Waals surface area contributed by atoms with E-state index in [1.807, 2.05) is 18.2 Å². The molecule has 0 fully saturated rings. The lowest BCUT2D eigenvalue weighted by atomic mass is 9.90. The number of thiazole rings is 2. The van der Waals surface area contributed by atoms with Crippen LogP contribution in [0.4, 0.5) is 10.3 Å². The minimum atomic E-state index is -0.217. The fourth-order valence-corrected chi connectivity index (χ4v) is 6.33. The van der Waals surface area contributed by atoms with E-state index in [9.17, 15) is 0 Å². The Morgan fingerprint density at radius 1 is 0.676 bits per heavy atom. The highest BCUT2D eigenvalue weighted by atomic mass is 35.5. The lowest BCUT2D eigenvalue weighted by Crippen LogP contribution is -2.04. The van der Waals surface area contributed by atoms with Crippen LogP contribution in [-0.4, -0.2) is 9.97 Å². The summed E-state index contributed by atoms with van der Waals surface area (Å²) >= 11 is 9.74. The lowest BCUT2D eigenvalue weighted by molar-refractivity contribution is 1.03. The van der Waals surface area contributed by atoms with E-state index in [-0.39, 0.29) is 5.92 Å². The van der Waals surface area contributed by atoms with Crippen molar-refractivity contribution < 1.29 is 0 Å². The zero-order valence-electron chi connectivity index (χ0n) is 18.7. The van der Waals surface area contributed by atoms with Crippen LogP contribution in [-0.2, 0) is 0 Å². The molecule has 0 aliphatic rings. The molecule has 0 bridgehead atoms. The average molecular weight is 503 g/mol. The quantitative estimate of drug-likeness (QED) is 0.260. The van der Waals surface area contributed by atoms with Crippen molar-refractivity contribution in [1.82, 2.24) is 9.97 Å². The number of rotatable bonds is 5. The van der Waals surface area contributed by atoms with Gasteiger partial charge < -0.3 is 11.5 Å². The highest BCUT2D eigenvalue weighted by molar-refractivity contribution is 7.17. The van der Waals surface area contributed by atoms with E-state index in [1.54, 1.807) is 0 Å². The maximum absolute atomic E-state index is 6.78. The third-order valence-corrected chi connectivity index (χ3v) is 7.97. The van der Waals surface area contributed by atoms with E-state index >= 15 is 0 Å². The maximum atomic E-state index is 6.78. The summed E-state index contributed by atoms with van der Waals surface area (Å²) < 4.78 is 0. The standard InChI is InChI=1S/C27H23ClN4S2/c1-15-7-11-17(12-8-15)22-24(33-26(29)31-22)21(19-5-3-4-6-20(19)28)25-23(32-27(30)34-25)18-13-9-16(2)10-14-18/h3-14,21H,1-2H3,(H2,29,31)(H2,30,32). The molecule has 0 unspecified atom stereocenters. The smallest absolute Gasteiger partial charge is 0.180 e. The third kappa shape index (κ3) is 4.32. The molecule has 3 aromatic carbocycles. The number of hydrogen-bond acceptors (Lipinski definition) is 6. The predicted molar refractivity (Wildman–Crippen MR) is 146 cm³/mol. The van der Waals surface area contributed by atoms with E-state index in [1.165, 1.54) is 33.8 Å². The molecule has 0 aliphatic heterocycles. The number of nitrogens with two attached hydrogens (primary N) is 2. The molecular weight excluding hydrogens is 480 g/mol. The number of aryl methyl sites for hydroxylation is 2. The highest BCUT2D eigenvalue weighted by Gasteiger charge is 2.30. The Balaban J connectivity index is 1.77. The van der Waals surface area contributed by atoms with Crippen molar-refractivity contribution in [3.05, 3.63) is 104 Å². The molecule has 7 heteroatoms. The van der Waals surface area contributed by atoms with E-state index in [2.05, 4.69) is 68.4 Å². The van der Waals surface area contributed by atoms with Crippen molar-refractivity contribution in [3.63, 3.8) is 0 Å². The molecule has 34 heavy (non-hydrogen) atoms. The van der Waals surface area contributed by atoms with Crippen LogP contribution in [0.25, 0.3) is 22.5 Å². The Morgan fingerprint density at radius 3 is 1.56 bits per heavy atom. The van der Waals surface area contributed by atoms with Crippen LogP contribution in [0.15, 0.2) is 72.8 Å². The van der Waals surface area contributed by atoms with Crippen LogP contribution in [0, 0.1) is 13.8 Å². The van der Waals surface area contributed by atoms with Crippen LogP contribution in [0.5, 0.6) is 0 Å². The Hall–Kier alpha value is -3.19. The van der Waals surface area contributed by atoms with Crippen LogP contribution >= 0.6 is 34.3 Å². The fraction of sp³-hybridized carbons (Fsp3) is 0.111. The summed E-state index contributed by atoms with van der Waals surface area (Å²) in [6, 6.07) is 24.6. The third-order valence-electron chi connectivity index (χ3n) is 5.73. The van der Waals surface area contributed by atoms with Gasteiger partial charge in [0.2, 0.25) is 0 Å². The zero-order valence-corrected chi connectivity index (χ0v) is 21.1. The Kier molecular flexibility index (Phi) is 6.13. The molecule has 2 heterocycles. The SMILES string of the molecule is Cc1ccc(-c2nc(N)sc2C(c2ccccc2Cl)c2sc(N)nc2-c2ccc(C)cc2)cc1. The van der Waals surface area contributed by atoms with Crippen LogP contribution < -0.4 is 11.5 Å². The molecule has 0 spiro atoms. The van der Waals surface area contributed by atoms with Crippen molar-refractivity contribution in [3.8, 4) is 22.5 Å². The van der Waals surface area contributed by atoms with E-state index < -0.39 is 0 Å². The van der Waals surface area contributed by atoms with Gasteiger partial charge >= 0.3 is 0 Å². The zero-order chi connectivity index (χ0) is 23.8. The molecule has 5 aromatic rings. The molecule has 0 atom stereocenters. The summed E-state index contributed by atoms with van der Waals surface area (Å²) in [5.74, 6) is -0.217. The van der Waals surface area contributed by atoms with Crippen molar-refractivity contribution in [2.75, 3.05) is 11.5 Å². The number of hydrogen-bond donors (Lipinski definition) is 2. The van der Waals surface area contributed by atoms with E-state index in [0.29, 0.717) is 15.3 Å². The second-order valence-corrected chi connectivity index (χ2v) is 10.7. The maximum Gasteiger partial charge on any atom is 0.180 e. The summed E-state index contributed by atoms with van der Waals surface area (Å²) in [5.41, 5.74) is 19.7. The number of nitrogens with zero attached hydrogens (tertiary/aromatic N) is 2. The van der Waals surface area contributed by atoms with Gasteiger partial charge in [-0.05, 0) is 25.5 Å². The Labute approximate surface area is 211 Å². The summed E-state index contributed by atoms with van der Waals surface area (Å²) in [7, 11) is 0. The molecule has 5 rings (SSSR count). The normalized spacial score (nSPS) is 11.3. The lowest BCUT2D eigenvalue weighted by Gasteiger charge is -2.19. The summed E-state index contributed by atoms with van der Waals surface area (Å²) in [4.78, 5) is 11.5. The molecule has 0 radical (unpaired) electrons. The van der Waals surface area contributed by atoms with Gasteiger partial charge in [0, 0.05) is 25.9 Å². The fourth-order valence-electron chi connectivity index (χ4n) is 4.04. The first-order valence-electron chi connectivity index (χ1n) is 10.8. The van der Waals surface area contributed by atoms with Gasteiger partial charge in [-0.3, -0.25) is 0 Å². The molecule has 0 amide bonds. The highest BCUT2D eigenvalue weighted by Crippen LogP contribution is 2.48. The molecule has 4 N–H and O–H groups in total. The van der Waals surface area contributed by atoms with Crippen molar-refractivity contribution in [1.29, 1.82) is 0 Å². The topological polar surface area (TPSA) is 77.8 Å². The molecule has 0 saturated carbocycles. The number of anilines is 2. The van der Waals surface area contributed by atoms with E-state index in [0.717, 1.165) is 37.8 Å². The first-order valence-corrected chi connectivity index (χ1v) is 12.8. The number of benzene rings is 3. The molecule has 0 saturated heterocycles. The molecule has 0 aliphatic carbocycles. The summed E-state index contributed by atoms with van der Waals surface area (Å²) in [6.45, 7) is 4.14. The van der Waals surface area contributed by atoms with Gasteiger partial charge in [0.15, 0.2) is 10.3 Å². The second-order valence-electron chi connectivity index (χ2n) is 8.22. The van der Waals surface area contributed by atoms with E-state index in [4.69, 9.17) is 33.0 Å². The van der Waals surface area contributed by atoms with Crippen molar-refractivity contribution >= 4 is 44.5 Å². The number of nitrogen functional groups attached to an aromatic ring is 2. The van der Waals surface area contributed by atoms with Gasteiger partial charge in [-0.25, -0.2) is 9.97 Å². The molecule has 4 nitrogen and oxygen atoms in total. The second kappa shape index (κ2) is 9.22. The minimum Gasteiger partial charge on any atom is -0.375 e. The molecular formula is C27H23ClN4S2. The first kappa shape index (κ1) is 22.6. The van der Waals surface area contributed by atoms with Gasteiger partial charge in [0.25, 0.3) is 0 Å². The number of aromatic nitrogens is 2. The molecule has 170 valence electrons. The van der Waals surface area contributed by atoms with Crippen molar-refractivity contribution in [2.45, 2.75) is 19.8 Å². The summed E-state index contributed by atoms with van der Waals surface area (Å²) in [6.07, 6.45) is 0. The van der Waals surface area contributed by atoms with Crippen LogP contribution in [0.2, 0.25) is 5.02 Å². The van der Waals surface area contributed by atoms with Crippen molar-refractivity contribution in [2.24, 2.45) is 0 Å². The van der Waals surface area contributed by atoms with Gasteiger partial charge in [0.1, 0.15) is 0 Å². The van der Waals surface area contributed by atoms with Gasteiger partial charge in [-0.2, -0.15) is 0 Å². The summed E-state index contributed by atoms with van der Waals surface area (Å²) in [5, 5.41) is 1.70. The van der Waals surface area contributed by atoms with Crippen LogP contribution in [0.1, 0.15) is 32.4 Å². The first-order chi connectivity index (χ1) is 16.4. The Bertz CT molecular complexity index is 1360. The number of halogens is 1. The predicted octanol–water partition coefficient (Wildman–Crippen LogP) is 7.55. The van der Waals surface area contributed by atoms with Gasteiger partial charge in [-0.1, -0.05) is 89.5 Å². The monoisotopic (exact) mass is 502 g/mol. The van der Waals surface area contributed by atoms with Crippen LogP contribution in [0.3, 0.4) is 0 Å². The van der Waals surface area contributed by atoms with Gasteiger partial charge in [0.05, 0.1) is 17.3 Å².